The van der Waals surface area contributed by atoms with Crippen LogP contribution in [0.3, 0.4) is 0 Å². The molecule has 1 saturated heterocycles. The molecule has 4 amide bonds. The highest BCUT2D eigenvalue weighted by atomic mass is 32.1. The molecule has 0 bridgehead atoms. The average molecular weight is 369 g/mol. The molecule has 1 spiro atoms. The van der Waals surface area contributed by atoms with Crippen LogP contribution in [-0.4, -0.2) is 29.3 Å². The van der Waals surface area contributed by atoms with Gasteiger partial charge in [0.1, 0.15) is 12.1 Å². The van der Waals surface area contributed by atoms with E-state index >= 15 is 0 Å². The van der Waals surface area contributed by atoms with Crippen molar-refractivity contribution in [2.75, 3.05) is 6.54 Å². The number of benzene rings is 1. The van der Waals surface area contributed by atoms with Crippen LogP contribution in [0.25, 0.3) is 0 Å². The van der Waals surface area contributed by atoms with E-state index < -0.39 is 11.6 Å². The van der Waals surface area contributed by atoms with Crippen LogP contribution in [0.4, 0.5) is 4.79 Å². The van der Waals surface area contributed by atoms with Gasteiger partial charge in [-0.1, -0.05) is 30.3 Å². The summed E-state index contributed by atoms with van der Waals surface area (Å²) >= 11 is 1.54. The van der Waals surface area contributed by atoms with Gasteiger partial charge in [-0.15, -0.1) is 11.3 Å². The molecule has 2 aromatic rings. The Hall–Kier alpha value is -2.67. The van der Waals surface area contributed by atoms with E-state index in [0.717, 1.165) is 33.7 Å². The predicted molar refractivity (Wildman–Crippen MR) is 97.5 cm³/mol. The number of thiophene rings is 1. The van der Waals surface area contributed by atoms with Gasteiger partial charge in [-0.05, 0) is 41.8 Å². The van der Waals surface area contributed by atoms with Crippen molar-refractivity contribution in [1.82, 2.24) is 15.5 Å². The van der Waals surface area contributed by atoms with E-state index in [4.69, 9.17) is 0 Å². The highest BCUT2D eigenvalue weighted by Gasteiger charge is 2.54. The van der Waals surface area contributed by atoms with E-state index in [1.54, 1.807) is 11.3 Å². The fourth-order valence-electron chi connectivity index (χ4n) is 3.75. The number of carbonyl (C=O) groups is 3. The molecule has 7 heteroatoms. The third kappa shape index (κ3) is 2.78. The lowest BCUT2D eigenvalue weighted by molar-refractivity contribution is -0.135. The summed E-state index contributed by atoms with van der Waals surface area (Å²) in [5.41, 5.74) is 0.905. The van der Waals surface area contributed by atoms with Gasteiger partial charge >= 0.3 is 6.03 Å². The highest BCUT2D eigenvalue weighted by Crippen LogP contribution is 2.39. The topological polar surface area (TPSA) is 78.5 Å². The van der Waals surface area contributed by atoms with Gasteiger partial charge in [-0.3, -0.25) is 14.5 Å². The van der Waals surface area contributed by atoms with Crippen LogP contribution in [0.2, 0.25) is 0 Å². The molecular formula is C19H19N3O3S. The highest BCUT2D eigenvalue weighted by molar-refractivity contribution is 7.09. The van der Waals surface area contributed by atoms with E-state index in [1.807, 2.05) is 41.8 Å². The van der Waals surface area contributed by atoms with Crippen LogP contribution in [0.1, 0.15) is 28.8 Å². The van der Waals surface area contributed by atoms with Crippen LogP contribution in [0.15, 0.2) is 41.8 Å². The minimum atomic E-state index is -1.03. The van der Waals surface area contributed by atoms with Gasteiger partial charge in [0, 0.05) is 4.88 Å². The molecular weight excluding hydrogens is 350 g/mol. The molecule has 0 saturated carbocycles. The number of rotatable bonds is 4. The summed E-state index contributed by atoms with van der Waals surface area (Å²) in [5.74, 6) is -0.677. The molecule has 4 rings (SSSR count). The predicted octanol–water partition coefficient (Wildman–Crippen LogP) is 2.15. The van der Waals surface area contributed by atoms with Gasteiger partial charge in [0.2, 0.25) is 5.91 Å². The Kier molecular flexibility index (Phi) is 4.24. The molecule has 2 N–H and O–H groups in total. The minimum Gasteiger partial charge on any atom is -0.350 e. The summed E-state index contributed by atoms with van der Waals surface area (Å²) in [5, 5.41) is 7.55. The summed E-state index contributed by atoms with van der Waals surface area (Å²) in [6, 6.07) is 11.0. The summed E-state index contributed by atoms with van der Waals surface area (Å²) in [6.45, 7) is 0.133. The van der Waals surface area contributed by atoms with E-state index in [2.05, 4.69) is 10.6 Å². The zero-order valence-corrected chi connectivity index (χ0v) is 15.0. The van der Waals surface area contributed by atoms with Gasteiger partial charge in [0.05, 0.1) is 6.54 Å². The third-order valence-corrected chi connectivity index (χ3v) is 5.87. The molecule has 1 fully saturated rings. The first-order valence-electron chi connectivity index (χ1n) is 8.62. The molecule has 6 nitrogen and oxygen atoms in total. The Morgan fingerprint density at radius 3 is 2.88 bits per heavy atom. The number of imide groups is 1. The normalized spacial score (nSPS) is 21.6. The Balaban J connectivity index is 1.50. The van der Waals surface area contributed by atoms with E-state index in [0.29, 0.717) is 13.0 Å². The van der Waals surface area contributed by atoms with Crippen LogP contribution in [-0.2, 0) is 28.1 Å². The van der Waals surface area contributed by atoms with Crippen LogP contribution < -0.4 is 10.6 Å². The monoisotopic (exact) mass is 369 g/mol. The Labute approximate surface area is 155 Å². The molecule has 2 heterocycles. The zero-order chi connectivity index (χ0) is 18.1. The largest absolute Gasteiger partial charge is 0.350 e. The Morgan fingerprint density at radius 1 is 1.23 bits per heavy atom. The van der Waals surface area contributed by atoms with E-state index in [1.165, 1.54) is 0 Å². The first kappa shape index (κ1) is 16.8. The minimum absolute atomic E-state index is 0.264. The number of hydrogen-bond donors (Lipinski definition) is 2. The fourth-order valence-corrected chi connectivity index (χ4v) is 4.40. The maximum absolute atomic E-state index is 13.1. The second-order valence-corrected chi connectivity index (χ2v) is 7.63. The molecule has 134 valence electrons. The van der Waals surface area contributed by atoms with Gasteiger partial charge in [-0.25, -0.2) is 4.79 Å². The van der Waals surface area contributed by atoms with Gasteiger partial charge in [0.25, 0.3) is 5.91 Å². The maximum atomic E-state index is 13.1. The molecule has 2 aliphatic rings. The Morgan fingerprint density at radius 2 is 2.08 bits per heavy atom. The molecule has 1 aromatic heterocycles. The number of fused-ring (bicyclic) bond motifs is 2. The number of urea groups is 1. The van der Waals surface area contributed by atoms with Gasteiger partial charge < -0.3 is 10.6 Å². The van der Waals surface area contributed by atoms with Crippen molar-refractivity contribution in [3.63, 3.8) is 0 Å². The lowest BCUT2D eigenvalue weighted by atomic mass is 9.76. The smallest absolute Gasteiger partial charge is 0.325 e. The number of hydrogen-bond acceptors (Lipinski definition) is 4. The van der Waals surface area contributed by atoms with Crippen molar-refractivity contribution in [3.05, 3.63) is 57.8 Å². The van der Waals surface area contributed by atoms with Crippen molar-refractivity contribution in [3.8, 4) is 0 Å². The van der Waals surface area contributed by atoms with Crippen molar-refractivity contribution >= 4 is 29.2 Å². The summed E-state index contributed by atoms with van der Waals surface area (Å²) in [4.78, 5) is 39.8. The lowest BCUT2D eigenvalue weighted by Crippen LogP contribution is -2.47. The first-order chi connectivity index (χ1) is 12.6. The number of amides is 4. The molecule has 0 radical (unpaired) electrons. The van der Waals surface area contributed by atoms with Crippen LogP contribution in [0, 0.1) is 0 Å². The molecule has 1 aliphatic carbocycles. The molecule has 1 atom stereocenters. The molecule has 1 aromatic carbocycles. The van der Waals surface area contributed by atoms with Crippen molar-refractivity contribution in [1.29, 1.82) is 0 Å². The van der Waals surface area contributed by atoms with Crippen LogP contribution in [0.5, 0.6) is 0 Å². The number of carbonyl (C=O) groups excluding carboxylic acids is 3. The zero-order valence-electron chi connectivity index (χ0n) is 14.2. The average Bonchev–Trinajstić information content (AvgIpc) is 3.24. The fraction of sp³-hybridized carbons (Fsp3) is 0.316. The SMILES string of the molecule is O=C(CN1C(=O)N[C@]2(CCCc3ccccc32)C1=O)NCc1cccs1. The second-order valence-electron chi connectivity index (χ2n) is 6.59. The Bertz CT molecular complexity index is 865. The van der Waals surface area contributed by atoms with Gasteiger partial charge in [-0.2, -0.15) is 0 Å². The van der Waals surface area contributed by atoms with Crippen molar-refractivity contribution in [2.24, 2.45) is 0 Å². The number of aryl methyl sites for hydroxylation is 1. The lowest BCUT2D eigenvalue weighted by Gasteiger charge is -2.33. The number of nitrogens with one attached hydrogen (secondary N) is 2. The van der Waals surface area contributed by atoms with Crippen molar-refractivity contribution < 1.29 is 14.4 Å². The summed E-state index contributed by atoms with van der Waals surface area (Å²) in [6.07, 6.45) is 2.27. The van der Waals surface area contributed by atoms with E-state index in [-0.39, 0.29) is 18.4 Å². The summed E-state index contributed by atoms with van der Waals surface area (Å²) in [7, 11) is 0. The standard InChI is InChI=1S/C19H19N3O3S/c23-16(20-11-14-7-4-10-26-14)12-22-17(24)19(21-18(22)25)9-3-6-13-5-1-2-8-15(13)19/h1-2,4-5,7-8,10H,3,6,9,11-12H2,(H,20,23)(H,21,25)/t19-/m0/s1. The quantitative estimate of drug-likeness (QED) is 0.811. The molecule has 0 unspecified atom stereocenters. The molecule has 1 aliphatic heterocycles. The van der Waals surface area contributed by atoms with Crippen LogP contribution >= 0.6 is 11.3 Å². The number of nitrogens with zero attached hydrogens (tertiary/aromatic N) is 1. The third-order valence-electron chi connectivity index (χ3n) is 4.99. The molecule has 26 heavy (non-hydrogen) atoms. The van der Waals surface area contributed by atoms with Crippen molar-refractivity contribution in [2.45, 2.75) is 31.3 Å². The summed E-state index contributed by atoms with van der Waals surface area (Å²) < 4.78 is 0. The van der Waals surface area contributed by atoms with E-state index in [9.17, 15) is 14.4 Å². The first-order valence-corrected chi connectivity index (χ1v) is 9.50. The second kappa shape index (κ2) is 6.57. The maximum Gasteiger partial charge on any atom is 0.325 e. The van der Waals surface area contributed by atoms with Gasteiger partial charge in [0.15, 0.2) is 0 Å².